The molecule has 0 spiro atoms. The molecule has 3 aromatic rings. The van der Waals surface area contributed by atoms with Crippen molar-refractivity contribution in [1.29, 1.82) is 0 Å². The zero-order chi connectivity index (χ0) is 31.3. The van der Waals surface area contributed by atoms with Crippen molar-refractivity contribution in [3.63, 3.8) is 0 Å². The van der Waals surface area contributed by atoms with E-state index in [-0.39, 0.29) is 49.2 Å². The molecule has 5 heterocycles. The van der Waals surface area contributed by atoms with Crippen LogP contribution in [0.1, 0.15) is 75.1 Å². The normalized spacial score (nSPS) is 16.7. The predicted molar refractivity (Wildman–Crippen MR) is 163 cm³/mol. The maximum atomic E-state index is 13.7. The highest BCUT2D eigenvalue weighted by Gasteiger charge is 2.35. The maximum Gasteiger partial charge on any atom is 0.313 e. The summed E-state index contributed by atoms with van der Waals surface area (Å²) in [5.41, 5.74) is 5.35. The molecule has 6 rings (SSSR count). The van der Waals surface area contributed by atoms with Gasteiger partial charge < -0.3 is 29.4 Å². The summed E-state index contributed by atoms with van der Waals surface area (Å²) in [4.78, 5) is 56.1. The largest absolute Gasteiger partial charge is 0.460 e. The van der Waals surface area contributed by atoms with Crippen LogP contribution < -0.4 is 25.7 Å². The van der Waals surface area contributed by atoms with E-state index in [1.54, 1.807) is 11.5 Å². The van der Waals surface area contributed by atoms with E-state index in [0.29, 0.717) is 65.3 Å². The number of fused-ring (bicyclic) bond motifs is 6. The van der Waals surface area contributed by atoms with E-state index in [1.807, 2.05) is 39.0 Å². The van der Waals surface area contributed by atoms with Gasteiger partial charge in [-0.3, -0.25) is 19.2 Å². The lowest BCUT2D eigenvalue weighted by Crippen LogP contribution is -2.45. The number of carbonyl (C=O) groups excluding carboxylic acids is 3. The fourth-order valence-electron chi connectivity index (χ4n) is 6.25. The highest BCUT2D eigenvalue weighted by molar-refractivity contribution is 5.98. The zero-order valence-electron chi connectivity index (χ0n) is 25.4. The van der Waals surface area contributed by atoms with Crippen LogP contribution in [0.25, 0.3) is 27.9 Å². The summed E-state index contributed by atoms with van der Waals surface area (Å²) in [6.07, 6.45) is 1.29. The van der Waals surface area contributed by atoms with Gasteiger partial charge in [0, 0.05) is 30.0 Å². The molecule has 0 aliphatic carbocycles. The summed E-state index contributed by atoms with van der Waals surface area (Å²) < 4.78 is 18.3. The Balaban J connectivity index is 1.34. The number of hydrogen-bond donors (Lipinski definition) is 2. The smallest absolute Gasteiger partial charge is 0.313 e. The number of nitrogens with one attached hydrogen (secondary N) is 2. The van der Waals surface area contributed by atoms with Crippen molar-refractivity contribution in [3.8, 4) is 22.9 Å². The van der Waals surface area contributed by atoms with Crippen LogP contribution in [0.4, 0.5) is 0 Å². The number of cyclic esters (lactones) is 1. The Bertz CT molecular complexity index is 1790. The molecule has 0 saturated carbocycles. The van der Waals surface area contributed by atoms with Gasteiger partial charge in [0.05, 0.1) is 34.9 Å². The van der Waals surface area contributed by atoms with Crippen molar-refractivity contribution in [2.24, 2.45) is 5.92 Å². The zero-order valence-corrected chi connectivity index (χ0v) is 25.4. The summed E-state index contributed by atoms with van der Waals surface area (Å²) in [5.74, 6) is 0.0872. The van der Waals surface area contributed by atoms with Crippen LogP contribution in [0, 0.1) is 5.92 Å². The van der Waals surface area contributed by atoms with E-state index >= 15 is 0 Å². The van der Waals surface area contributed by atoms with Crippen LogP contribution in [-0.4, -0.2) is 46.7 Å². The van der Waals surface area contributed by atoms with Gasteiger partial charge in [0.15, 0.2) is 11.5 Å². The first-order chi connectivity index (χ1) is 21.1. The summed E-state index contributed by atoms with van der Waals surface area (Å²) in [5, 5.41) is 6.44. The minimum absolute atomic E-state index is 0.0491. The maximum absolute atomic E-state index is 13.7. The fourth-order valence-corrected chi connectivity index (χ4v) is 6.25. The molecular formula is C33H36N4O7. The van der Waals surface area contributed by atoms with E-state index in [9.17, 15) is 19.2 Å². The van der Waals surface area contributed by atoms with Gasteiger partial charge in [-0.15, -0.1) is 0 Å². The van der Waals surface area contributed by atoms with E-state index in [0.717, 1.165) is 22.1 Å². The van der Waals surface area contributed by atoms with Crippen LogP contribution in [-0.2, 0) is 32.3 Å². The summed E-state index contributed by atoms with van der Waals surface area (Å²) >= 11 is 0. The van der Waals surface area contributed by atoms with Crippen molar-refractivity contribution < 1.29 is 28.6 Å². The molecule has 2 amide bonds. The van der Waals surface area contributed by atoms with E-state index in [4.69, 9.17) is 19.2 Å². The standard InChI is InChI=1S/C33H36N4O7/c1-6-19-20-10-25-30-22(13-37(25)32(40)23(20)14-42-33(19)41)29(21-11-26-27(44-15-43-26)12-24(21)36-30)17(4)7-8-34-31(39)18(5)35-28(38)9-16(2)3/h10-12,16,18-19H,4,6-9,13-15H2,1-3,5H3,(H,34,39)(H,35,38)/t18-,19+/m0/s1. The molecule has 2 aromatic heterocycles. The Hall–Kier alpha value is -4.67. The molecule has 0 fully saturated rings. The van der Waals surface area contributed by atoms with Gasteiger partial charge in [0.25, 0.3) is 5.56 Å². The van der Waals surface area contributed by atoms with Gasteiger partial charge in [-0.05, 0) is 54.5 Å². The molecule has 3 aliphatic rings. The number of nitrogens with zero attached hydrogens (tertiary/aromatic N) is 2. The number of ether oxygens (including phenoxy) is 3. The van der Waals surface area contributed by atoms with Crippen molar-refractivity contribution >= 4 is 34.3 Å². The molecule has 0 unspecified atom stereocenters. The third kappa shape index (κ3) is 5.10. The monoisotopic (exact) mass is 600 g/mol. The fraction of sp³-hybridized carbons (Fsp3) is 0.424. The van der Waals surface area contributed by atoms with Crippen molar-refractivity contribution in [2.75, 3.05) is 13.3 Å². The van der Waals surface area contributed by atoms with E-state index in [2.05, 4.69) is 17.2 Å². The Kier molecular flexibility index (Phi) is 7.65. The van der Waals surface area contributed by atoms with Gasteiger partial charge in [-0.25, -0.2) is 4.98 Å². The lowest BCUT2D eigenvalue weighted by Gasteiger charge is -2.24. The van der Waals surface area contributed by atoms with Crippen LogP contribution in [0.3, 0.4) is 0 Å². The predicted octanol–water partition coefficient (Wildman–Crippen LogP) is 3.77. The van der Waals surface area contributed by atoms with Gasteiger partial charge in [0.1, 0.15) is 12.6 Å². The topological polar surface area (TPSA) is 138 Å². The van der Waals surface area contributed by atoms with E-state index in [1.165, 1.54) is 0 Å². The van der Waals surface area contributed by atoms with Crippen molar-refractivity contribution in [3.05, 3.63) is 57.4 Å². The number of carbonyl (C=O) groups is 3. The molecule has 0 bridgehead atoms. The highest BCUT2D eigenvalue weighted by atomic mass is 16.7. The van der Waals surface area contributed by atoms with Crippen LogP contribution in [0.15, 0.2) is 29.6 Å². The molecule has 3 aliphatic heterocycles. The molecule has 1 aromatic carbocycles. The minimum Gasteiger partial charge on any atom is -0.460 e. The second-order valence-electron chi connectivity index (χ2n) is 12.0. The molecule has 44 heavy (non-hydrogen) atoms. The van der Waals surface area contributed by atoms with Crippen LogP contribution in [0.5, 0.6) is 11.5 Å². The van der Waals surface area contributed by atoms with Gasteiger partial charge in [0.2, 0.25) is 18.6 Å². The Morgan fingerprint density at radius 1 is 1.09 bits per heavy atom. The number of hydrogen-bond acceptors (Lipinski definition) is 8. The molecule has 0 radical (unpaired) electrons. The lowest BCUT2D eigenvalue weighted by molar-refractivity contribution is -0.148. The third-order valence-electron chi connectivity index (χ3n) is 8.44. The van der Waals surface area contributed by atoms with Crippen LogP contribution in [0.2, 0.25) is 0 Å². The molecule has 0 saturated heterocycles. The first-order valence-corrected chi connectivity index (χ1v) is 15.0. The minimum atomic E-state index is -0.671. The second kappa shape index (κ2) is 11.4. The van der Waals surface area contributed by atoms with Gasteiger partial charge in [-0.2, -0.15) is 0 Å². The van der Waals surface area contributed by atoms with Crippen molar-refractivity contribution in [1.82, 2.24) is 20.2 Å². The van der Waals surface area contributed by atoms with Crippen molar-refractivity contribution in [2.45, 2.75) is 72.1 Å². The van der Waals surface area contributed by atoms with Gasteiger partial charge >= 0.3 is 5.97 Å². The second-order valence-corrected chi connectivity index (χ2v) is 12.0. The number of esters is 1. The summed E-state index contributed by atoms with van der Waals surface area (Å²) in [7, 11) is 0. The van der Waals surface area contributed by atoms with E-state index < -0.39 is 12.0 Å². The lowest BCUT2D eigenvalue weighted by atomic mass is 9.90. The molecule has 2 atom stereocenters. The number of aromatic nitrogens is 2. The summed E-state index contributed by atoms with van der Waals surface area (Å²) in [6, 6.07) is 4.94. The Morgan fingerprint density at radius 2 is 1.84 bits per heavy atom. The molecule has 230 valence electrons. The number of benzene rings is 1. The number of pyridine rings is 2. The quantitative estimate of drug-likeness (QED) is 0.277. The average molecular weight is 601 g/mol. The number of rotatable bonds is 9. The molecule has 2 N–H and O–H groups in total. The SMILES string of the molecule is C=C(CCNC(=O)[C@H](C)NC(=O)CC(C)C)c1c2c(nc3cc4c(cc13)OCO4)-c1cc3c(c(=O)n1C2)COC(=O)[C@@H]3CC. The molecule has 11 heteroatoms. The first-order valence-electron chi connectivity index (χ1n) is 15.0. The van der Waals surface area contributed by atoms with Crippen LogP contribution >= 0.6 is 0 Å². The Morgan fingerprint density at radius 3 is 2.57 bits per heavy atom. The third-order valence-corrected chi connectivity index (χ3v) is 8.44. The Labute approximate surface area is 254 Å². The number of amides is 2. The average Bonchev–Trinajstić information content (AvgIpc) is 3.58. The van der Waals surface area contributed by atoms with Gasteiger partial charge in [-0.1, -0.05) is 27.4 Å². The summed E-state index contributed by atoms with van der Waals surface area (Å²) in [6.45, 7) is 12.5. The first kappa shape index (κ1) is 29.4. The molecular weight excluding hydrogens is 564 g/mol. The highest BCUT2D eigenvalue weighted by Crippen LogP contribution is 2.44. The molecule has 11 nitrogen and oxygen atoms in total.